The number of anilines is 1. The molecule has 100 valence electrons. The minimum absolute atomic E-state index is 0.390. The molecule has 2 nitrogen and oxygen atoms in total. The zero-order valence-electron chi connectivity index (χ0n) is 11.4. The van der Waals surface area contributed by atoms with Crippen molar-refractivity contribution in [1.29, 1.82) is 0 Å². The van der Waals surface area contributed by atoms with Crippen molar-refractivity contribution in [1.82, 2.24) is 0 Å². The van der Waals surface area contributed by atoms with Crippen molar-refractivity contribution in [2.24, 2.45) is 0 Å². The number of rotatable bonds is 6. The second-order valence-electron chi connectivity index (χ2n) is 4.63. The highest BCUT2D eigenvalue weighted by atomic mass is 16.3. The van der Waals surface area contributed by atoms with E-state index in [4.69, 9.17) is 0 Å². The second kappa shape index (κ2) is 6.95. The molecule has 0 fully saturated rings. The molecule has 1 N–H and O–H groups in total. The molecule has 0 aliphatic carbocycles. The van der Waals surface area contributed by atoms with Gasteiger partial charge in [0, 0.05) is 18.8 Å². The molecule has 2 heteroatoms. The SMILES string of the molecule is CCN(CCC(O)c1ccccc1)c1ccccc1. The minimum Gasteiger partial charge on any atom is -0.388 e. The molecule has 0 saturated carbocycles. The summed E-state index contributed by atoms with van der Waals surface area (Å²) in [5, 5.41) is 10.2. The lowest BCUT2D eigenvalue weighted by Gasteiger charge is -2.24. The van der Waals surface area contributed by atoms with Gasteiger partial charge in [0.2, 0.25) is 0 Å². The molecule has 0 aliphatic rings. The monoisotopic (exact) mass is 255 g/mol. The molecule has 1 atom stereocenters. The largest absolute Gasteiger partial charge is 0.388 e. The summed E-state index contributed by atoms with van der Waals surface area (Å²) < 4.78 is 0. The van der Waals surface area contributed by atoms with Crippen molar-refractivity contribution < 1.29 is 5.11 Å². The van der Waals surface area contributed by atoms with Gasteiger partial charge < -0.3 is 10.0 Å². The Morgan fingerprint density at radius 2 is 1.53 bits per heavy atom. The van der Waals surface area contributed by atoms with E-state index >= 15 is 0 Å². The first-order valence-electron chi connectivity index (χ1n) is 6.84. The van der Waals surface area contributed by atoms with E-state index in [1.165, 1.54) is 5.69 Å². The maximum atomic E-state index is 10.2. The van der Waals surface area contributed by atoms with E-state index in [0.29, 0.717) is 0 Å². The molecule has 0 amide bonds. The fraction of sp³-hybridized carbons (Fsp3) is 0.294. The molecular formula is C17H21NO. The number of para-hydroxylation sites is 1. The Hall–Kier alpha value is -1.80. The van der Waals surface area contributed by atoms with Crippen LogP contribution in [0.2, 0.25) is 0 Å². The third-order valence-electron chi connectivity index (χ3n) is 3.36. The summed E-state index contributed by atoms with van der Waals surface area (Å²) in [7, 11) is 0. The van der Waals surface area contributed by atoms with Crippen LogP contribution in [0.25, 0.3) is 0 Å². The summed E-state index contributed by atoms with van der Waals surface area (Å²) in [6.45, 7) is 3.95. The van der Waals surface area contributed by atoms with Crippen LogP contribution in [0.4, 0.5) is 5.69 Å². The Morgan fingerprint density at radius 1 is 0.947 bits per heavy atom. The molecule has 2 rings (SSSR count). The molecule has 0 bridgehead atoms. The average molecular weight is 255 g/mol. The quantitative estimate of drug-likeness (QED) is 0.852. The van der Waals surface area contributed by atoms with Crippen molar-refractivity contribution in [3.05, 3.63) is 66.2 Å². The fourth-order valence-corrected chi connectivity index (χ4v) is 2.23. The van der Waals surface area contributed by atoms with Crippen LogP contribution in [-0.4, -0.2) is 18.2 Å². The molecule has 1 unspecified atom stereocenters. The maximum absolute atomic E-state index is 10.2. The van der Waals surface area contributed by atoms with Crippen LogP contribution in [0.3, 0.4) is 0 Å². The van der Waals surface area contributed by atoms with Crippen molar-refractivity contribution in [3.63, 3.8) is 0 Å². The predicted molar refractivity (Wildman–Crippen MR) is 80.3 cm³/mol. The fourth-order valence-electron chi connectivity index (χ4n) is 2.23. The first-order chi connectivity index (χ1) is 9.31. The normalized spacial score (nSPS) is 12.1. The zero-order chi connectivity index (χ0) is 13.5. The Bertz CT molecular complexity index is 469. The summed E-state index contributed by atoms with van der Waals surface area (Å²) >= 11 is 0. The average Bonchev–Trinajstić information content (AvgIpc) is 2.49. The van der Waals surface area contributed by atoms with Gasteiger partial charge in [0.15, 0.2) is 0 Å². The van der Waals surface area contributed by atoms with E-state index < -0.39 is 0 Å². The third-order valence-corrected chi connectivity index (χ3v) is 3.36. The van der Waals surface area contributed by atoms with Crippen LogP contribution >= 0.6 is 0 Å². The van der Waals surface area contributed by atoms with Gasteiger partial charge in [0.05, 0.1) is 6.10 Å². The lowest BCUT2D eigenvalue weighted by atomic mass is 10.1. The lowest BCUT2D eigenvalue weighted by Crippen LogP contribution is -2.25. The van der Waals surface area contributed by atoms with Crippen molar-refractivity contribution in [2.45, 2.75) is 19.4 Å². The standard InChI is InChI=1S/C17H21NO/c1-2-18(16-11-7-4-8-12-16)14-13-17(19)15-9-5-3-6-10-15/h3-12,17,19H,2,13-14H2,1H3. The van der Waals surface area contributed by atoms with Crippen molar-refractivity contribution in [2.75, 3.05) is 18.0 Å². The summed E-state index contributed by atoms with van der Waals surface area (Å²) in [4.78, 5) is 2.28. The van der Waals surface area contributed by atoms with Gasteiger partial charge in [-0.05, 0) is 31.0 Å². The molecule has 0 aromatic heterocycles. The molecule has 0 heterocycles. The van der Waals surface area contributed by atoms with Gasteiger partial charge in [-0.1, -0.05) is 48.5 Å². The first-order valence-corrected chi connectivity index (χ1v) is 6.84. The molecule has 0 radical (unpaired) electrons. The molecule has 0 aliphatic heterocycles. The van der Waals surface area contributed by atoms with Gasteiger partial charge in [-0.3, -0.25) is 0 Å². The molecule has 19 heavy (non-hydrogen) atoms. The van der Waals surface area contributed by atoms with Crippen LogP contribution in [0, 0.1) is 0 Å². The van der Waals surface area contributed by atoms with Gasteiger partial charge in [0.25, 0.3) is 0 Å². The van der Waals surface area contributed by atoms with Gasteiger partial charge in [-0.15, -0.1) is 0 Å². The van der Waals surface area contributed by atoms with E-state index in [1.54, 1.807) is 0 Å². The maximum Gasteiger partial charge on any atom is 0.0806 e. The van der Waals surface area contributed by atoms with Crippen LogP contribution in [-0.2, 0) is 0 Å². The Kier molecular flexibility index (Phi) is 4.99. The number of aliphatic hydroxyl groups excluding tert-OH is 1. The van der Waals surface area contributed by atoms with E-state index in [0.717, 1.165) is 25.1 Å². The molecule has 2 aromatic rings. The Balaban J connectivity index is 1.94. The van der Waals surface area contributed by atoms with Gasteiger partial charge in [-0.2, -0.15) is 0 Å². The second-order valence-corrected chi connectivity index (χ2v) is 4.63. The molecule has 0 spiro atoms. The van der Waals surface area contributed by atoms with Crippen LogP contribution in [0.5, 0.6) is 0 Å². The molecular weight excluding hydrogens is 234 g/mol. The van der Waals surface area contributed by atoms with E-state index in [1.807, 2.05) is 48.5 Å². The van der Waals surface area contributed by atoms with Crippen LogP contribution in [0.15, 0.2) is 60.7 Å². The molecule has 2 aromatic carbocycles. The van der Waals surface area contributed by atoms with E-state index in [-0.39, 0.29) is 6.10 Å². The lowest BCUT2D eigenvalue weighted by molar-refractivity contribution is 0.169. The third kappa shape index (κ3) is 3.83. The van der Waals surface area contributed by atoms with Crippen LogP contribution < -0.4 is 4.90 Å². The van der Waals surface area contributed by atoms with E-state index in [9.17, 15) is 5.11 Å². The highest BCUT2D eigenvalue weighted by Gasteiger charge is 2.10. The summed E-state index contributed by atoms with van der Waals surface area (Å²) in [5.74, 6) is 0. The minimum atomic E-state index is -0.390. The molecule has 0 saturated heterocycles. The number of hydrogen-bond acceptors (Lipinski definition) is 2. The predicted octanol–water partition coefficient (Wildman–Crippen LogP) is 3.64. The zero-order valence-corrected chi connectivity index (χ0v) is 11.4. The number of hydrogen-bond donors (Lipinski definition) is 1. The number of nitrogens with zero attached hydrogens (tertiary/aromatic N) is 1. The highest BCUT2D eigenvalue weighted by Crippen LogP contribution is 2.19. The Morgan fingerprint density at radius 3 is 2.11 bits per heavy atom. The van der Waals surface area contributed by atoms with Crippen LogP contribution in [0.1, 0.15) is 25.0 Å². The smallest absolute Gasteiger partial charge is 0.0806 e. The summed E-state index contributed by atoms with van der Waals surface area (Å²) in [5.41, 5.74) is 2.21. The van der Waals surface area contributed by atoms with E-state index in [2.05, 4.69) is 24.0 Å². The van der Waals surface area contributed by atoms with Gasteiger partial charge in [-0.25, -0.2) is 0 Å². The van der Waals surface area contributed by atoms with Gasteiger partial charge >= 0.3 is 0 Å². The van der Waals surface area contributed by atoms with Crippen molar-refractivity contribution in [3.8, 4) is 0 Å². The van der Waals surface area contributed by atoms with Crippen molar-refractivity contribution >= 4 is 5.69 Å². The Labute approximate surface area is 115 Å². The highest BCUT2D eigenvalue weighted by molar-refractivity contribution is 5.45. The van der Waals surface area contributed by atoms with Gasteiger partial charge in [0.1, 0.15) is 0 Å². The summed E-state index contributed by atoms with van der Waals surface area (Å²) in [6, 6.07) is 20.2. The first kappa shape index (κ1) is 13.6. The summed E-state index contributed by atoms with van der Waals surface area (Å²) in [6.07, 6.45) is 0.353. The topological polar surface area (TPSA) is 23.5 Å². The number of benzene rings is 2. The number of aliphatic hydroxyl groups is 1.